The zero-order chi connectivity index (χ0) is 20.5. The summed E-state index contributed by atoms with van der Waals surface area (Å²) in [5.74, 6) is 1.18. The number of halogens is 2. The summed E-state index contributed by atoms with van der Waals surface area (Å²) in [5.41, 5.74) is 0.827. The Morgan fingerprint density at radius 2 is 1.97 bits per heavy atom. The van der Waals surface area contributed by atoms with Gasteiger partial charge < -0.3 is 9.64 Å². The number of hydrogen-bond acceptors (Lipinski definition) is 6. The maximum atomic E-state index is 13.7. The number of thioether (sulfide) groups is 1. The summed E-state index contributed by atoms with van der Waals surface area (Å²) in [4.78, 5) is 32.0. The normalized spacial score (nSPS) is 14.2. The lowest BCUT2D eigenvalue weighted by Gasteiger charge is -2.29. The molecule has 1 aliphatic heterocycles. The average molecular weight is 434 g/mol. The molecule has 6 nitrogen and oxygen atoms in total. The molecule has 0 amide bonds. The molecular weight excluding hydrogens is 417 g/mol. The summed E-state index contributed by atoms with van der Waals surface area (Å²) >= 11 is 7.79. The van der Waals surface area contributed by atoms with E-state index in [4.69, 9.17) is 21.3 Å². The number of ether oxygens (including phenoxy) is 1. The second-order valence-electron chi connectivity index (χ2n) is 6.47. The molecule has 0 spiro atoms. The van der Waals surface area contributed by atoms with Crippen LogP contribution < -0.4 is 10.5 Å². The molecule has 0 aliphatic carbocycles. The van der Waals surface area contributed by atoms with Gasteiger partial charge in [0, 0.05) is 24.6 Å². The number of esters is 1. The van der Waals surface area contributed by atoms with Crippen LogP contribution in [0.3, 0.4) is 0 Å². The van der Waals surface area contributed by atoms with Crippen molar-refractivity contribution in [1.29, 1.82) is 0 Å². The van der Waals surface area contributed by atoms with E-state index in [9.17, 15) is 14.0 Å². The smallest absolute Gasteiger partial charge is 0.337 e. The van der Waals surface area contributed by atoms with Crippen LogP contribution in [0.25, 0.3) is 16.6 Å². The summed E-state index contributed by atoms with van der Waals surface area (Å²) in [6.07, 6.45) is 0. The Hall–Kier alpha value is -2.58. The lowest BCUT2D eigenvalue weighted by atomic mass is 10.1. The van der Waals surface area contributed by atoms with Gasteiger partial charge in [-0.15, -0.1) is 0 Å². The quantitative estimate of drug-likeness (QED) is 0.589. The van der Waals surface area contributed by atoms with E-state index in [0.29, 0.717) is 41.2 Å². The summed E-state index contributed by atoms with van der Waals surface area (Å²) in [6.45, 7) is 1.43. The number of nitrogens with zero attached hydrogens (tertiary/aromatic N) is 3. The molecule has 2 heterocycles. The van der Waals surface area contributed by atoms with Crippen LogP contribution in [0.5, 0.6) is 0 Å². The SMILES string of the molecule is COC(=O)c1ccc2c(=O)n(-c3ccc(F)c(Cl)c3)c(N3CCSCC3)nc2c1. The van der Waals surface area contributed by atoms with Gasteiger partial charge in [0.05, 0.1) is 34.3 Å². The molecule has 1 aromatic heterocycles. The first-order chi connectivity index (χ1) is 14.0. The number of anilines is 1. The molecule has 3 aromatic rings. The minimum absolute atomic E-state index is 0.0734. The van der Waals surface area contributed by atoms with E-state index < -0.39 is 11.8 Å². The third kappa shape index (κ3) is 3.70. The molecule has 0 radical (unpaired) electrons. The van der Waals surface area contributed by atoms with Crippen LogP contribution >= 0.6 is 23.4 Å². The second-order valence-corrected chi connectivity index (χ2v) is 8.11. The van der Waals surface area contributed by atoms with Gasteiger partial charge in [-0.2, -0.15) is 11.8 Å². The number of rotatable bonds is 3. The van der Waals surface area contributed by atoms with Crippen molar-refractivity contribution in [2.75, 3.05) is 36.6 Å². The first kappa shape index (κ1) is 19.7. The van der Waals surface area contributed by atoms with E-state index >= 15 is 0 Å². The van der Waals surface area contributed by atoms with Crippen molar-refractivity contribution in [3.63, 3.8) is 0 Å². The van der Waals surface area contributed by atoms with Gasteiger partial charge in [-0.1, -0.05) is 11.6 Å². The van der Waals surface area contributed by atoms with Crippen molar-refractivity contribution in [3.8, 4) is 5.69 Å². The number of fused-ring (bicyclic) bond motifs is 1. The lowest BCUT2D eigenvalue weighted by molar-refractivity contribution is 0.0601. The summed E-state index contributed by atoms with van der Waals surface area (Å²) in [5, 5.41) is 0.268. The first-order valence-corrected chi connectivity index (χ1v) is 10.5. The highest BCUT2D eigenvalue weighted by molar-refractivity contribution is 7.99. The van der Waals surface area contributed by atoms with Gasteiger partial charge in [-0.05, 0) is 36.4 Å². The summed E-state index contributed by atoms with van der Waals surface area (Å²) < 4.78 is 19.9. The van der Waals surface area contributed by atoms with E-state index in [1.807, 2.05) is 16.7 Å². The molecule has 4 rings (SSSR count). The Labute approximate surface area is 175 Å². The molecule has 0 unspecified atom stereocenters. The van der Waals surface area contributed by atoms with Crippen molar-refractivity contribution in [1.82, 2.24) is 9.55 Å². The fourth-order valence-corrected chi connectivity index (χ4v) is 4.33. The minimum Gasteiger partial charge on any atom is -0.465 e. The number of benzene rings is 2. The first-order valence-electron chi connectivity index (χ1n) is 8.93. The Bertz CT molecular complexity index is 1160. The zero-order valence-electron chi connectivity index (χ0n) is 15.5. The fourth-order valence-electron chi connectivity index (χ4n) is 3.25. The highest BCUT2D eigenvalue weighted by Gasteiger charge is 2.21. The van der Waals surface area contributed by atoms with Gasteiger partial charge in [-0.25, -0.2) is 18.7 Å². The van der Waals surface area contributed by atoms with Crippen molar-refractivity contribution in [2.24, 2.45) is 0 Å². The van der Waals surface area contributed by atoms with Gasteiger partial charge >= 0.3 is 5.97 Å². The van der Waals surface area contributed by atoms with Crippen LogP contribution in [0.2, 0.25) is 5.02 Å². The topological polar surface area (TPSA) is 64.4 Å². The molecule has 0 bridgehead atoms. The van der Waals surface area contributed by atoms with Gasteiger partial charge in [0.2, 0.25) is 5.95 Å². The largest absolute Gasteiger partial charge is 0.465 e. The number of methoxy groups -OCH3 is 1. The van der Waals surface area contributed by atoms with Crippen LogP contribution in [0.15, 0.2) is 41.2 Å². The lowest BCUT2D eigenvalue weighted by Crippen LogP contribution is -2.38. The number of carbonyl (C=O) groups is 1. The predicted molar refractivity (Wildman–Crippen MR) is 113 cm³/mol. The third-order valence-corrected chi connectivity index (χ3v) is 5.96. The van der Waals surface area contributed by atoms with Crippen molar-refractivity contribution in [3.05, 3.63) is 63.2 Å². The van der Waals surface area contributed by atoms with Crippen molar-refractivity contribution >= 4 is 46.2 Å². The minimum atomic E-state index is -0.559. The molecule has 2 aromatic carbocycles. The van der Waals surface area contributed by atoms with Crippen LogP contribution in [0.4, 0.5) is 10.3 Å². The van der Waals surface area contributed by atoms with E-state index in [1.54, 1.807) is 12.1 Å². The predicted octanol–water partition coefficient (Wildman–Crippen LogP) is 3.52. The van der Waals surface area contributed by atoms with Crippen molar-refractivity contribution in [2.45, 2.75) is 0 Å². The van der Waals surface area contributed by atoms with Crippen LogP contribution in [-0.2, 0) is 4.74 Å². The van der Waals surface area contributed by atoms with Gasteiger partial charge in [0.25, 0.3) is 5.56 Å². The van der Waals surface area contributed by atoms with Gasteiger partial charge in [0.1, 0.15) is 5.82 Å². The molecule has 1 saturated heterocycles. The molecular formula is C20H17ClFN3O3S. The molecule has 29 heavy (non-hydrogen) atoms. The highest BCUT2D eigenvalue weighted by atomic mass is 35.5. The molecule has 0 saturated carbocycles. The van der Waals surface area contributed by atoms with Gasteiger partial charge in [-0.3, -0.25) is 4.79 Å². The van der Waals surface area contributed by atoms with Crippen molar-refractivity contribution < 1.29 is 13.9 Å². The Morgan fingerprint density at radius 1 is 1.21 bits per heavy atom. The molecule has 9 heteroatoms. The fraction of sp³-hybridized carbons (Fsp3) is 0.250. The third-order valence-electron chi connectivity index (χ3n) is 4.73. The second kappa shape index (κ2) is 8.04. The Balaban J connectivity index is 1.98. The summed E-state index contributed by atoms with van der Waals surface area (Å²) in [7, 11) is 1.30. The van der Waals surface area contributed by atoms with Gasteiger partial charge in [0.15, 0.2) is 0 Å². The maximum Gasteiger partial charge on any atom is 0.337 e. The molecule has 0 atom stereocenters. The number of aromatic nitrogens is 2. The zero-order valence-corrected chi connectivity index (χ0v) is 17.1. The molecule has 0 N–H and O–H groups in total. The van der Waals surface area contributed by atoms with E-state index in [0.717, 1.165) is 11.5 Å². The van der Waals surface area contributed by atoms with Crippen LogP contribution in [-0.4, -0.2) is 47.2 Å². The van der Waals surface area contributed by atoms with E-state index in [1.165, 1.54) is 35.9 Å². The molecule has 1 fully saturated rings. The Kier molecular flexibility index (Phi) is 5.47. The van der Waals surface area contributed by atoms with E-state index in [2.05, 4.69) is 0 Å². The molecule has 1 aliphatic rings. The number of hydrogen-bond donors (Lipinski definition) is 0. The van der Waals surface area contributed by atoms with Crippen LogP contribution in [0.1, 0.15) is 10.4 Å². The maximum absolute atomic E-state index is 13.7. The summed E-state index contributed by atoms with van der Waals surface area (Å²) in [6, 6.07) is 8.76. The van der Waals surface area contributed by atoms with E-state index in [-0.39, 0.29) is 10.6 Å². The standard InChI is InChI=1S/C20H17ClFN3O3S/c1-28-19(27)12-2-4-14-17(10-12)23-20(24-6-8-29-9-7-24)25(18(14)26)13-3-5-16(22)15(21)11-13/h2-5,10-11H,6-9H2,1H3. The number of carbonyl (C=O) groups excluding carboxylic acids is 1. The average Bonchev–Trinajstić information content (AvgIpc) is 2.75. The molecule has 150 valence electrons. The van der Waals surface area contributed by atoms with Crippen LogP contribution in [0, 0.1) is 5.82 Å². The Morgan fingerprint density at radius 3 is 2.66 bits per heavy atom. The highest BCUT2D eigenvalue weighted by Crippen LogP contribution is 2.25. The monoisotopic (exact) mass is 433 g/mol.